The fourth-order valence-corrected chi connectivity index (χ4v) is 8.59. The van der Waals surface area contributed by atoms with Crippen molar-refractivity contribution in [1.82, 2.24) is 19.4 Å². The Balaban J connectivity index is 0.855. The molecule has 2 aromatic carbocycles. The summed E-state index contributed by atoms with van der Waals surface area (Å²) in [6.07, 6.45) is 12.4. The van der Waals surface area contributed by atoms with Crippen LogP contribution in [0.1, 0.15) is 122 Å². The van der Waals surface area contributed by atoms with Crippen LogP contribution in [0.15, 0.2) is 73.1 Å². The molecule has 0 bridgehead atoms. The SMILES string of the molecule is COC(=O)c1cc(C(=O)c2c(C)c(OC)c3c(OCC(=O)NCCCCCCCCCCCNC(=O)COc4cccn5c(C(=O)c6ccc(N)c(C(=O)OC)c6)c(C)c(OC)c45)cccn23)ccc1N. The first kappa shape index (κ1) is 52.4. The minimum absolute atomic E-state index is 0.0847. The Kier molecular flexibility index (Phi) is 18.1. The highest BCUT2D eigenvalue weighted by Crippen LogP contribution is 2.39. The molecule has 71 heavy (non-hydrogen) atoms. The molecule has 0 radical (unpaired) electrons. The first-order chi connectivity index (χ1) is 34.3. The molecular weight excluding hydrogens is 913 g/mol. The lowest BCUT2D eigenvalue weighted by molar-refractivity contribution is -0.123. The maximum absolute atomic E-state index is 13.8. The van der Waals surface area contributed by atoms with Crippen LogP contribution in [0.25, 0.3) is 11.0 Å². The maximum Gasteiger partial charge on any atom is 0.339 e. The number of nitrogen functional groups attached to an aromatic ring is 2. The van der Waals surface area contributed by atoms with Gasteiger partial charge in [0.25, 0.3) is 11.8 Å². The molecule has 0 fully saturated rings. The molecule has 2 amide bonds. The van der Waals surface area contributed by atoms with Gasteiger partial charge in [-0.25, -0.2) is 9.59 Å². The van der Waals surface area contributed by atoms with Gasteiger partial charge in [-0.1, -0.05) is 44.9 Å². The molecule has 0 atom stereocenters. The number of aromatic nitrogens is 2. The number of unbranched alkanes of at least 4 members (excludes halogenated alkanes) is 8. The van der Waals surface area contributed by atoms with Gasteiger partial charge in [0.05, 0.1) is 39.6 Å². The third-order valence-electron chi connectivity index (χ3n) is 12.2. The number of pyridine rings is 2. The summed E-state index contributed by atoms with van der Waals surface area (Å²) in [4.78, 5) is 77.6. The van der Waals surface area contributed by atoms with Crippen LogP contribution in [-0.4, -0.2) is 98.9 Å². The molecule has 0 spiro atoms. The number of ketones is 2. The fraction of sp³-hybridized carbons (Fsp3) is 0.358. The number of rotatable bonds is 26. The van der Waals surface area contributed by atoms with Crippen LogP contribution < -0.4 is 41.0 Å². The van der Waals surface area contributed by atoms with E-state index in [1.54, 1.807) is 71.4 Å². The summed E-state index contributed by atoms with van der Waals surface area (Å²) in [5.74, 6) is -0.995. The largest absolute Gasteiger partial charge is 0.494 e. The van der Waals surface area contributed by atoms with Crippen molar-refractivity contribution >= 4 is 57.7 Å². The quantitative estimate of drug-likeness (QED) is 0.0182. The normalized spacial score (nSPS) is 11.0. The minimum Gasteiger partial charge on any atom is -0.494 e. The topological polar surface area (TPSA) is 243 Å². The number of nitrogens with one attached hydrogen (secondary N) is 2. The van der Waals surface area contributed by atoms with Gasteiger partial charge < -0.3 is 59.3 Å². The Bertz CT molecular complexity index is 2740. The molecule has 0 aliphatic carbocycles. The number of nitrogens with two attached hydrogens (primary N) is 2. The summed E-state index contributed by atoms with van der Waals surface area (Å²) >= 11 is 0. The van der Waals surface area contributed by atoms with Crippen LogP contribution in [0.3, 0.4) is 0 Å². The van der Waals surface area contributed by atoms with Crippen molar-refractivity contribution in [2.24, 2.45) is 0 Å². The molecule has 4 heterocycles. The van der Waals surface area contributed by atoms with E-state index in [2.05, 4.69) is 10.6 Å². The van der Waals surface area contributed by atoms with Crippen molar-refractivity contribution in [3.63, 3.8) is 0 Å². The Hall–Kier alpha value is -8.02. The first-order valence-corrected chi connectivity index (χ1v) is 23.4. The highest BCUT2D eigenvalue weighted by atomic mass is 16.5. The van der Waals surface area contributed by atoms with Gasteiger partial charge in [-0.2, -0.15) is 0 Å². The van der Waals surface area contributed by atoms with E-state index < -0.39 is 11.9 Å². The van der Waals surface area contributed by atoms with Crippen LogP contribution in [0.4, 0.5) is 11.4 Å². The lowest BCUT2D eigenvalue weighted by Crippen LogP contribution is -2.29. The van der Waals surface area contributed by atoms with Crippen LogP contribution in [-0.2, 0) is 19.1 Å². The zero-order valence-corrected chi connectivity index (χ0v) is 41.1. The predicted octanol–water partition coefficient (Wildman–Crippen LogP) is 7.23. The Morgan fingerprint density at radius 3 is 1.24 bits per heavy atom. The predicted molar refractivity (Wildman–Crippen MR) is 267 cm³/mol. The Morgan fingerprint density at radius 1 is 0.521 bits per heavy atom. The number of carbonyl (C=O) groups is 6. The number of anilines is 2. The zero-order chi connectivity index (χ0) is 51.2. The second-order valence-electron chi connectivity index (χ2n) is 16.9. The molecule has 6 aromatic rings. The molecule has 0 unspecified atom stereocenters. The third-order valence-corrected chi connectivity index (χ3v) is 12.2. The number of nitrogens with zero attached hydrogens (tertiary/aromatic N) is 2. The monoisotopic (exact) mass is 974 g/mol. The van der Waals surface area contributed by atoms with Crippen LogP contribution in [0.5, 0.6) is 23.0 Å². The molecule has 0 aliphatic rings. The number of amides is 2. The molecular formula is C53H62N6O12. The number of hydrogen-bond acceptors (Lipinski definition) is 14. The summed E-state index contributed by atoms with van der Waals surface area (Å²) in [6.45, 7) is 4.11. The molecule has 376 valence electrons. The Morgan fingerprint density at radius 2 is 0.887 bits per heavy atom. The van der Waals surface area contributed by atoms with Gasteiger partial charge in [0, 0.05) is 59.1 Å². The van der Waals surface area contributed by atoms with Gasteiger partial charge >= 0.3 is 11.9 Å². The highest BCUT2D eigenvalue weighted by molar-refractivity contribution is 6.13. The minimum atomic E-state index is -0.653. The van der Waals surface area contributed by atoms with Crippen molar-refractivity contribution < 1.29 is 57.2 Å². The van der Waals surface area contributed by atoms with Crippen molar-refractivity contribution in [2.75, 3.05) is 66.2 Å². The van der Waals surface area contributed by atoms with Crippen LogP contribution in [0, 0.1) is 13.8 Å². The van der Waals surface area contributed by atoms with Gasteiger partial charge in [0.2, 0.25) is 11.6 Å². The highest BCUT2D eigenvalue weighted by Gasteiger charge is 2.28. The third kappa shape index (κ3) is 12.1. The number of carbonyl (C=O) groups excluding carboxylic acids is 6. The second-order valence-corrected chi connectivity index (χ2v) is 16.9. The van der Waals surface area contributed by atoms with E-state index in [1.165, 1.54) is 52.7 Å². The van der Waals surface area contributed by atoms with Crippen molar-refractivity contribution in [1.29, 1.82) is 0 Å². The van der Waals surface area contributed by atoms with Crippen LogP contribution in [0.2, 0.25) is 0 Å². The lowest BCUT2D eigenvalue weighted by atomic mass is 10.0. The first-order valence-electron chi connectivity index (χ1n) is 23.4. The van der Waals surface area contributed by atoms with E-state index in [0.29, 0.717) is 69.6 Å². The number of hydrogen-bond donors (Lipinski definition) is 4. The maximum atomic E-state index is 13.8. The van der Waals surface area contributed by atoms with Gasteiger partial charge in [-0.15, -0.1) is 0 Å². The summed E-state index contributed by atoms with van der Waals surface area (Å²) in [7, 11) is 5.47. The average molecular weight is 975 g/mol. The molecule has 0 saturated heterocycles. The van der Waals surface area contributed by atoms with Gasteiger partial charge in [-0.05, 0) is 87.4 Å². The van der Waals surface area contributed by atoms with E-state index in [9.17, 15) is 28.8 Å². The summed E-state index contributed by atoms with van der Waals surface area (Å²) < 4.78 is 36.3. The smallest absolute Gasteiger partial charge is 0.339 e. The van der Waals surface area contributed by atoms with E-state index in [4.69, 9.17) is 39.9 Å². The number of methoxy groups -OCH3 is 4. The summed E-state index contributed by atoms with van der Waals surface area (Å²) in [5, 5.41) is 5.84. The number of benzene rings is 2. The van der Waals surface area contributed by atoms with Crippen molar-refractivity contribution in [3.05, 3.63) is 118 Å². The zero-order valence-electron chi connectivity index (χ0n) is 41.1. The van der Waals surface area contributed by atoms with E-state index in [0.717, 1.165) is 57.8 Å². The number of fused-ring (bicyclic) bond motifs is 2. The number of ether oxygens (including phenoxy) is 6. The van der Waals surface area contributed by atoms with E-state index >= 15 is 0 Å². The van der Waals surface area contributed by atoms with E-state index in [-0.39, 0.29) is 70.2 Å². The Labute approximate surface area is 411 Å². The average Bonchev–Trinajstić information content (AvgIpc) is 3.84. The fourth-order valence-electron chi connectivity index (χ4n) is 8.59. The second kappa shape index (κ2) is 24.5. The molecule has 6 N–H and O–H groups in total. The van der Waals surface area contributed by atoms with Crippen LogP contribution >= 0.6 is 0 Å². The molecule has 4 aromatic heterocycles. The van der Waals surface area contributed by atoms with Gasteiger partial charge in [0.15, 0.2) is 24.7 Å². The summed E-state index contributed by atoms with van der Waals surface area (Å²) in [6, 6.07) is 15.7. The molecule has 0 aliphatic heterocycles. The molecule has 18 heteroatoms. The summed E-state index contributed by atoms with van der Waals surface area (Å²) in [5.41, 5.74) is 15.7. The molecule has 0 saturated carbocycles. The van der Waals surface area contributed by atoms with E-state index in [1.807, 2.05) is 0 Å². The molecule has 6 rings (SSSR count). The molecule has 18 nitrogen and oxygen atoms in total. The number of esters is 2. The van der Waals surface area contributed by atoms with Crippen molar-refractivity contribution in [2.45, 2.75) is 71.6 Å². The van der Waals surface area contributed by atoms with Gasteiger partial charge in [-0.3, -0.25) is 19.2 Å². The lowest BCUT2D eigenvalue weighted by Gasteiger charge is -2.11. The van der Waals surface area contributed by atoms with Crippen molar-refractivity contribution in [3.8, 4) is 23.0 Å². The standard InChI is InChI=1S/C53H62N6O12/c1-32-44(48(62)34-20-22-38(54)36(28-34)52(64)68-5)58-26-16-18-40(46(58)50(32)66-3)70-30-42(60)56-24-14-12-10-8-7-9-11-13-15-25-57-43(61)31-71-41-19-17-27-59-45(33(2)51(67-4)47(41)59)49(63)35-21-23-39(55)37(29-35)53(65)69-6/h16-23,26-29H,7-15,24-25,30-31,54-55H2,1-6H3,(H,56,60)(H,57,61). The van der Waals surface area contributed by atoms with Gasteiger partial charge in [0.1, 0.15) is 33.9 Å².